The predicted molar refractivity (Wildman–Crippen MR) is 105 cm³/mol. The van der Waals surface area contributed by atoms with E-state index in [4.69, 9.17) is 0 Å². The highest BCUT2D eigenvalue weighted by molar-refractivity contribution is 9.10. The molecule has 2 aromatic carbocycles. The van der Waals surface area contributed by atoms with Gasteiger partial charge in [0, 0.05) is 22.1 Å². The van der Waals surface area contributed by atoms with Crippen molar-refractivity contribution in [2.75, 3.05) is 4.90 Å². The fraction of sp³-hybridized carbons (Fsp3) is 0.211. The van der Waals surface area contributed by atoms with Gasteiger partial charge in [0.25, 0.3) is 10.0 Å². The number of fused-ring (bicyclic) bond motifs is 1. The summed E-state index contributed by atoms with van der Waals surface area (Å²) in [6, 6.07) is 13.9. The summed E-state index contributed by atoms with van der Waals surface area (Å²) in [5.41, 5.74) is 1.18. The van der Waals surface area contributed by atoms with Gasteiger partial charge in [0.1, 0.15) is 0 Å². The molecule has 7 heteroatoms. The molecule has 1 aliphatic carbocycles. The highest BCUT2D eigenvalue weighted by atomic mass is 79.9. The van der Waals surface area contributed by atoms with Gasteiger partial charge in [-0.05, 0) is 49.6 Å². The molecular formula is C19H17BrN2O3S. The average Bonchev–Trinajstić information content (AvgIpc) is 2.98. The molecule has 1 amide bonds. The molecule has 1 aliphatic rings. The topological polar surface area (TPSA) is 59.4 Å². The van der Waals surface area contributed by atoms with Crippen LogP contribution in [0.5, 0.6) is 0 Å². The van der Waals surface area contributed by atoms with E-state index in [1.807, 2.05) is 6.07 Å². The van der Waals surface area contributed by atoms with Gasteiger partial charge in [-0.3, -0.25) is 4.79 Å². The second kappa shape index (κ2) is 6.55. The number of nitrogens with zero attached hydrogens (tertiary/aromatic N) is 2. The number of aromatic nitrogens is 1. The van der Waals surface area contributed by atoms with Gasteiger partial charge in [-0.2, -0.15) is 0 Å². The second-order valence-electron chi connectivity index (χ2n) is 6.39. The normalized spacial score (nSPS) is 15.0. The van der Waals surface area contributed by atoms with Gasteiger partial charge in [-0.25, -0.2) is 12.4 Å². The van der Waals surface area contributed by atoms with Crippen LogP contribution in [0.1, 0.15) is 19.3 Å². The molecule has 1 aromatic heterocycles. The monoisotopic (exact) mass is 432 g/mol. The number of halogens is 1. The van der Waals surface area contributed by atoms with E-state index in [0.717, 1.165) is 35.5 Å². The molecule has 0 radical (unpaired) electrons. The lowest BCUT2D eigenvalue weighted by Gasteiger charge is -2.34. The summed E-state index contributed by atoms with van der Waals surface area (Å²) in [6.07, 6.45) is 5.32. The predicted octanol–water partition coefficient (Wildman–Crippen LogP) is 4.16. The van der Waals surface area contributed by atoms with E-state index in [9.17, 15) is 13.2 Å². The van der Waals surface area contributed by atoms with Gasteiger partial charge in [0.2, 0.25) is 6.41 Å². The van der Waals surface area contributed by atoms with Crippen LogP contribution in [0.3, 0.4) is 0 Å². The summed E-state index contributed by atoms with van der Waals surface area (Å²) in [7, 11) is -3.75. The van der Waals surface area contributed by atoms with Gasteiger partial charge in [-0.1, -0.05) is 34.1 Å². The maximum Gasteiger partial charge on any atom is 0.268 e. The van der Waals surface area contributed by atoms with Crippen molar-refractivity contribution < 1.29 is 13.2 Å². The number of rotatable bonds is 5. The first-order chi connectivity index (χ1) is 12.5. The molecule has 134 valence electrons. The minimum atomic E-state index is -3.75. The lowest BCUT2D eigenvalue weighted by molar-refractivity contribution is -0.108. The number of amides is 1. The zero-order valence-corrected chi connectivity index (χ0v) is 16.3. The van der Waals surface area contributed by atoms with Crippen molar-refractivity contribution in [1.82, 2.24) is 3.97 Å². The first-order valence-electron chi connectivity index (χ1n) is 8.37. The molecule has 1 fully saturated rings. The number of anilines is 1. The number of carbonyl (C=O) groups excluding carboxylic acids is 1. The summed E-state index contributed by atoms with van der Waals surface area (Å²) in [6.45, 7) is 0. The number of hydrogen-bond acceptors (Lipinski definition) is 3. The van der Waals surface area contributed by atoms with Crippen molar-refractivity contribution in [3.63, 3.8) is 0 Å². The second-order valence-corrected chi connectivity index (χ2v) is 9.12. The Morgan fingerprint density at radius 3 is 2.46 bits per heavy atom. The quantitative estimate of drug-likeness (QED) is 0.568. The van der Waals surface area contributed by atoms with Gasteiger partial charge < -0.3 is 4.90 Å². The average molecular weight is 433 g/mol. The van der Waals surface area contributed by atoms with Crippen LogP contribution in [0.25, 0.3) is 10.9 Å². The first kappa shape index (κ1) is 17.3. The summed E-state index contributed by atoms with van der Waals surface area (Å²) in [4.78, 5) is 13.6. The van der Waals surface area contributed by atoms with Crippen molar-refractivity contribution in [3.8, 4) is 0 Å². The van der Waals surface area contributed by atoms with Crippen LogP contribution in [0.4, 0.5) is 5.69 Å². The van der Waals surface area contributed by atoms with Crippen LogP contribution in [0.2, 0.25) is 0 Å². The number of carbonyl (C=O) groups is 1. The molecule has 0 N–H and O–H groups in total. The third-order valence-corrected chi connectivity index (χ3v) is 7.05. The summed E-state index contributed by atoms with van der Waals surface area (Å²) < 4.78 is 28.4. The standard InChI is InChI=1S/C19H17BrN2O3S/c20-14-9-10-18-17(11-14)19(21(13-23)15-5-4-6-15)12-22(18)26(24,25)16-7-2-1-3-8-16/h1-3,7-13,15H,4-6H2. The van der Waals surface area contributed by atoms with Crippen molar-refractivity contribution >= 4 is 49.0 Å². The maximum atomic E-state index is 13.2. The Balaban J connectivity index is 1.95. The molecular weight excluding hydrogens is 416 g/mol. The summed E-state index contributed by atoms with van der Waals surface area (Å²) in [5, 5.41) is 0.734. The Morgan fingerprint density at radius 1 is 1.12 bits per heavy atom. The van der Waals surface area contributed by atoms with E-state index >= 15 is 0 Å². The fourth-order valence-electron chi connectivity index (χ4n) is 3.27. The van der Waals surface area contributed by atoms with E-state index in [0.29, 0.717) is 11.2 Å². The van der Waals surface area contributed by atoms with Crippen LogP contribution in [0.15, 0.2) is 64.1 Å². The molecule has 0 unspecified atom stereocenters. The van der Waals surface area contributed by atoms with Gasteiger partial charge in [-0.15, -0.1) is 0 Å². The van der Waals surface area contributed by atoms with Crippen molar-refractivity contribution in [2.24, 2.45) is 0 Å². The molecule has 3 aromatic rings. The zero-order chi connectivity index (χ0) is 18.3. The van der Waals surface area contributed by atoms with Crippen LogP contribution >= 0.6 is 15.9 Å². The van der Waals surface area contributed by atoms with Crippen LogP contribution < -0.4 is 4.90 Å². The fourth-order valence-corrected chi connectivity index (χ4v) is 5.02. The molecule has 0 spiro atoms. The molecule has 4 rings (SSSR count). The van der Waals surface area contributed by atoms with Gasteiger partial charge in [0.05, 0.1) is 16.1 Å². The van der Waals surface area contributed by atoms with Crippen molar-refractivity contribution in [1.29, 1.82) is 0 Å². The molecule has 1 saturated carbocycles. The summed E-state index contributed by atoms with van der Waals surface area (Å²) in [5.74, 6) is 0. The Kier molecular flexibility index (Phi) is 4.36. The molecule has 0 bridgehead atoms. The number of benzene rings is 2. The van der Waals surface area contributed by atoms with Crippen molar-refractivity contribution in [2.45, 2.75) is 30.2 Å². The van der Waals surface area contributed by atoms with Crippen LogP contribution in [-0.4, -0.2) is 24.8 Å². The van der Waals surface area contributed by atoms with Crippen molar-refractivity contribution in [3.05, 3.63) is 59.2 Å². The number of hydrogen-bond donors (Lipinski definition) is 0. The molecule has 0 atom stereocenters. The lowest BCUT2D eigenvalue weighted by Crippen LogP contribution is -2.39. The zero-order valence-electron chi connectivity index (χ0n) is 13.9. The molecule has 0 saturated heterocycles. The van der Waals surface area contributed by atoms with E-state index in [1.54, 1.807) is 53.6 Å². The maximum absolute atomic E-state index is 13.2. The minimum Gasteiger partial charge on any atom is -0.310 e. The highest BCUT2D eigenvalue weighted by Crippen LogP contribution is 2.37. The van der Waals surface area contributed by atoms with E-state index < -0.39 is 10.0 Å². The Labute approximate surface area is 160 Å². The summed E-state index contributed by atoms with van der Waals surface area (Å²) >= 11 is 3.44. The smallest absolute Gasteiger partial charge is 0.268 e. The van der Waals surface area contributed by atoms with Gasteiger partial charge in [0.15, 0.2) is 0 Å². The third-order valence-electron chi connectivity index (χ3n) is 4.87. The highest BCUT2D eigenvalue weighted by Gasteiger charge is 2.29. The molecule has 5 nitrogen and oxygen atoms in total. The Morgan fingerprint density at radius 2 is 1.85 bits per heavy atom. The van der Waals surface area contributed by atoms with Crippen LogP contribution in [-0.2, 0) is 14.8 Å². The first-order valence-corrected chi connectivity index (χ1v) is 10.6. The molecule has 1 heterocycles. The Bertz CT molecular complexity index is 1070. The van der Waals surface area contributed by atoms with E-state index in [-0.39, 0.29) is 10.9 Å². The van der Waals surface area contributed by atoms with Gasteiger partial charge >= 0.3 is 0 Å². The van der Waals surface area contributed by atoms with Crippen LogP contribution in [0, 0.1) is 0 Å². The molecule has 26 heavy (non-hydrogen) atoms. The SMILES string of the molecule is O=CN(c1cn(S(=O)(=O)c2ccccc2)c2ccc(Br)cc12)C1CCC1. The third kappa shape index (κ3) is 2.75. The minimum absolute atomic E-state index is 0.130. The molecule has 0 aliphatic heterocycles. The Hall–Kier alpha value is -2.12. The largest absolute Gasteiger partial charge is 0.310 e. The lowest BCUT2D eigenvalue weighted by atomic mass is 9.91. The van der Waals surface area contributed by atoms with E-state index in [2.05, 4.69) is 15.9 Å². The van der Waals surface area contributed by atoms with E-state index in [1.165, 1.54) is 3.97 Å².